The van der Waals surface area contributed by atoms with E-state index in [0.717, 1.165) is 29.2 Å². The Balaban J connectivity index is 2.18. The van der Waals surface area contributed by atoms with Crippen LogP contribution in [0.3, 0.4) is 0 Å². The highest BCUT2D eigenvalue weighted by Gasteiger charge is 2.18. The maximum Gasteiger partial charge on any atom is 0.244 e. The van der Waals surface area contributed by atoms with Crippen molar-refractivity contribution in [3.63, 3.8) is 0 Å². The summed E-state index contributed by atoms with van der Waals surface area (Å²) < 4.78 is 40.2. The molecule has 23 heavy (non-hydrogen) atoms. The van der Waals surface area contributed by atoms with Gasteiger partial charge in [-0.25, -0.2) is 13.2 Å². The summed E-state index contributed by atoms with van der Waals surface area (Å²) in [6.45, 7) is 0.689. The van der Waals surface area contributed by atoms with E-state index in [0.29, 0.717) is 0 Å². The van der Waals surface area contributed by atoms with Gasteiger partial charge in [0.25, 0.3) is 0 Å². The largest absolute Gasteiger partial charge is 0.320 e. The van der Waals surface area contributed by atoms with Crippen molar-refractivity contribution in [3.05, 3.63) is 59.9 Å². The molecule has 0 aromatic heterocycles. The Morgan fingerprint density at radius 1 is 1.04 bits per heavy atom. The van der Waals surface area contributed by atoms with Gasteiger partial charge < -0.3 is 10.2 Å². The number of anilines is 2. The van der Waals surface area contributed by atoms with E-state index in [2.05, 4.69) is 5.32 Å². The first kappa shape index (κ1) is 16.5. The second-order valence-corrected chi connectivity index (χ2v) is 4.73. The van der Waals surface area contributed by atoms with Gasteiger partial charge in [0.15, 0.2) is 0 Å². The molecule has 1 N–H and O–H groups in total. The van der Waals surface area contributed by atoms with E-state index >= 15 is 0 Å². The van der Waals surface area contributed by atoms with Crippen LogP contribution >= 0.6 is 0 Å². The molecule has 120 valence electrons. The third-order valence-corrected chi connectivity index (χ3v) is 3.03. The molecule has 2 aromatic carbocycles. The van der Waals surface area contributed by atoms with Gasteiger partial charge in [-0.2, -0.15) is 0 Å². The minimum Gasteiger partial charge on any atom is -0.320 e. The first-order valence-electron chi connectivity index (χ1n) is 6.66. The Morgan fingerprint density at radius 3 is 2.22 bits per heavy atom. The number of amides is 2. The lowest BCUT2D eigenvalue weighted by atomic mass is 10.2. The lowest BCUT2D eigenvalue weighted by molar-refractivity contribution is -0.120. The fourth-order valence-corrected chi connectivity index (χ4v) is 1.97. The predicted molar refractivity (Wildman–Crippen MR) is 79.4 cm³/mol. The molecular formula is C16H13F3N2O2. The van der Waals surface area contributed by atoms with Crippen molar-refractivity contribution in [2.75, 3.05) is 16.8 Å². The third-order valence-electron chi connectivity index (χ3n) is 3.03. The van der Waals surface area contributed by atoms with Crippen molar-refractivity contribution in [2.24, 2.45) is 0 Å². The molecule has 0 atom stereocenters. The van der Waals surface area contributed by atoms with Crippen LogP contribution in [0.2, 0.25) is 0 Å². The van der Waals surface area contributed by atoms with E-state index in [9.17, 15) is 22.8 Å². The zero-order valence-corrected chi connectivity index (χ0v) is 12.1. The summed E-state index contributed by atoms with van der Waals surface area (Å²) in [6, 6.07) is 8.25. The number of rotatable bonds is 4. The average Bonchev–Trinajstić information content (AvgIpc) is 2.48. The van der Waals surface area contributed by atoms with Crippen molar-refractivity contribution >= 4 is 23.2 Å². The topological polar surface area (TPSA) is 49.4 Å². The minimum absolute atomic E-state index is 0.168. The Morgan fingerprint density at radius 2 is 1.65 bits per heavy atom. The van der Waals surface area contributed by atoms with Crippen molar-refractivity contribution in [1.82, 2.24) is 0 Å². The summed E-state index contributed by atoms with van der Waals surface area (Å²) in [5, 5.41) is 2.07. The molecule has 2 amide bonds. The van der Waals surface area contributed by atoms with Crippen molar-refractivity contribution in [2.45, 2.75) is 6.92 Å². The molecule has 0 bridgehead atoms. The molecule has 0 aliphatic rings. The summed E-state index contributed by atoms with van der Waals surface area (Å²) in [5.41, 5.74) is -0.429. The molecule has 0 fully saturated rings. The summed E-state index contributed by atoms with van der Waals surface area (Å²) in [6.07, 6.45) is 0. The number of halogens is 3. The highest BCUT2D eigenvalue weighted by atomic mass is 19.1. The lowest BCUT2D eigenvalue weighted by Gasteiger charge is -2.20. The smallest absolute Gasteiger partial charge is 0.244 e. The average molecular weight is 322 g/mol. The molecule has 0 saturated carbocycles. The fourth-order valence-electron chi connectivity index (χ4n) is 1.97. The van der Waals surface area contributed by atoms with Crippen molar-refractivity contribution in [1.29, 1.82) is 0 Å². The van der Waals surface area contributed by atoms with Crippen molar-refractivity contribution < 1.29 is 22.8 Å². The Kier molecular flexibility index (Phi) is 5.00. The van der Waals surface area contributed by atoms with Crippen LogP contribution in [0.1, 0.15) is 6.92 Å². The number of nitrogens with one attached hydrogen (secondary N) is 1. The summed E-state index contributed by atoms with van der Waals surface area (Å²) in [5.74, 6) is -3.76. The number of carbonyl (C=O) groups is 2. The monoisotopic (exact) mass is 322 g/mol. The quantitative estimate of drug-likeness (QED) is 0.940. The van der Waals surface area contributed by atoms with Crippen LogP contribution in [-0.4, -0.2) is 18.4 Å². The van der Waals surface area contributed by atoms with E-state index < -0.39 is 41.5 Å². The van der Waals surface area contributed by atoms with Gasteiger partial charge in [-0.1, -0.05) is 12.1 Å². The number of nitrogens with zero attached hydrogens (tertiary/aromatic N) is 1. The van der Waals surface area contributed by atoms with E-state index in [1.807, 2.05) is 0 Å². The van der Waals surface area contributed by atoms with Crippen LogP contribution in [0.25, 0.3) is 0 Å². The first-order chi connectivity index (χ1) is 10.9. The number of carbonyl (C=O) groups excluding carboxylic acids is 2. The van der Waals surface area contributed by atoms with Gasteiger partial charge >= 0.3 is 0 Å². The summed E-state index contributed by atoms with van der Waals surface area (Å²) in [7, 11) is 0. The first-order valence-corrected chi connectivity index (χ1v) is 6.66. The zero-order valence-electron chi connectivity index (χ0n) is 12.1. The number of hydrogen-bond donors (Lipinski definition) is 1. The maximum atomic E-state index is 13.5. The highest BCUT2D eigenvalue weighted by Crippen LogP contribution is 2.19. The van der Waals surface area contributed by atoms with Gasteiger partial charge in [-0.3, -0.25) is 9.59 Å². The Bertz CT molecular complexity index is 730. The third kappa shape index (κ3) is 4.09. The number of benzene rings is 2. The summed E-state index contributed by atoms with van der Waals surface area (Å²) >= 11 is 0. The molecule has 2 aromatic rings. The second-order valence-electron chi connectivity index (χ2n) is 4.73. The zero-order chi connectivity index (χ0) is 17.0. The predicted octanol–water partition coefficient (Wildman–Crippen LogP) is 3.10. The molecule has 0 unspecified atom stereocenters. The molecular weight excluding hydrogens is 309 g/mol. The van der Waals surface area contributed by atoms with Crippen LogP contribution in [0.5, 0.6) is 0 Å². The van der Waals surface area contributed by atoms with Crippen LogP contribution < -0.4 is 10.2 Å². The van der Waals surface area contributed by atoms with Gasteiger partial charge in [-0.15, -0.1) is 0 Å². The highest BCUT2D eigenvalue weighted by molar-refractivity contribution is 6.01. The minimum atomic E-state index is -0.932. The second kappa shape index (κ2) is 6.95. The molecule has 0 radical (unpaired) electrons. The van der Waals surface area contributed by atoms with Gasteiger partial charge in [0, 0.05) is 12.6 Å². The molecule has 0 spiro atoms. The summed E-state index contributed by atoms with van der Waals surface area (Å²) in [4.78, 5) is 24.6. The standard InChI is InChI=1S/C16H13F3N2O2/c1-10(22)21(12-5-2-4-11(17)8-12)9-15(23)20-16-13(18)6-3-7-14(16)19/h2-8H,9H2,1H3,(H,20,23). The molecule has 0 aliphatic heterocycles. The van der Waals surface area contributed by atoms with Crippen molar-refractivity contribution in [3.8, 4) is 0 Å². The van der Waals surface area contributed by atoms with Gasteiger partial charge in [0.2, 0.25) is 11.8 Å². The van der Waals surface area contributed by atoms with Crippen LogP contribution in [0, 0.1) is 17.5 Å². The van der Waals surface area contributed by atoms with Crippen LogP contribution in [0.15, 0.2) is 42.5 Å². The number of para-hydroxylation sites is 1. The van der Waals surface area contributed by atoms with E-state index in [-0.39, 0.29) is 5.69 Å². The normalized spacial score (nSPS) is 10.3. The van der Waals surface area contributed by atoms with Gasteiger partial charge in [-0.05, 0) is 30.3 Å². The molecule has 0 aliphatic carbocycles. The van der Waals surface area contributed by atoms with E-state index in [4.69, 9.17) is 0 Å². The molecule has 7 heteroatoms. The SMILES string of the molecule is CC(=O)N(CC(=O)Nc1c(F)cccc1F)c1cccc(F)c1. The van der Waals surface area contributed by atoms with E-state index in [1.54, 1.807) is 0 Å². The Hall–Kier alpha value is -2.83. The van der Waals surface area contributed by atoms with E-state index in [1.165, 1.54) is 25.1 Å². The van der Waals surface area contributed by atoms with Crippen LogP contribution in [-0.2, 0) is 9.59 Å². The van der Waals surface area contributed by atoms with Gasteiger partial charge in [0.1, 0.15) is 29.7 Å². The number of hydrogen-bond acceptors (Lipinski definition) is 2. The Labute approximate surface area is 130 Å². The van der Waals surface area contributed by atoms with Gasteiger partial charge in [0.05, 0.1) is 0 Å². The maximum absolute atomic E-state index is 13.5. The molecule has 0 heterocycles. The molecule has 4 nitrogen and oxygen atoms in total. The fraction of sp³-hybridized carbons (Fsp3) is 0.125. The lowest BCUT2D eigenvalue weighted by Crippen LogP contribution is -2.37. The molecule has 0 saturated heterocycles. The van der Waals surface area contributed by atoms with Crippen LogP contribution in [0.4, 0.5) is 24.5 Å². The molecule has 2 rings (SSSR count).